The van der Waals surface area contributed by atoms with Crippen LogP contribution < -0.4 is 10.1 Å². The molecule has 0 aliphatic heterocycles. The normalized spacial score (nSPS) is 11.1. The molecule has 0 spiro atoms. The Balaban J connectivity index is 1.52. The number of rotatable bonds is 7. The Hall–Kier alpha value is -3.65. The number of carbonyl (C=O) groups excluding carboxylic acids is 2. The van der Waals surface area contributed by atoms with Gasteiger partial charge in [-0.3, -0.25) is 9.59 Å². The predicted molar refractivity (Wildman–Crippen MR) is 109 cm³/mol. The number of ether oxygens (including phenoxy) is 2. The molecule has 0 aliphatic carbocycles. The molecular weight excluding hydrogens is 372 g/mol. The molecule has 0 atom stereocenters. The predicted octanol–water partition coefficient (Wildman–Crippen LogP) is 3.30. The molecule has 148 valence electrons. The molecule has 1 amide bonds. The van der Waals surface area contributed by atoms with Crippen LogP contribution in [0, 0.1) is 0 Å². The Labute approximate surface area is 166 Å². The average molecular weight is 392 g/mol. The molecule has 0 bridgehead atoms. The van der Waals surface area contributed by atoms with Gasteiger partial charge in [-0.2, -0.15) is 0 Å². The highest BCUT2D eigenvalue weighted by Crippen LogP contribution is 2.22. The molecule has 0 fully saturated rings. The number of aromatic nitrogens is 3. The number of amides is 1. The number of fused-ring (bicyclic) bond motifs is 2. The lowest BCUT2D eigenvalue weighted by Crippen LogP contribution is -2.12. The van der Waals surface area contributed by atoms with Crippen LogP contribution in [0.5, 0.6) is 5.75 Å². The van der Waals surface area contributed by atoms with Crippen LogP contribution in [0.4, 0.5) is 5.69 Å². The molecule has 4 rings (SSSR count). The van der Waals surface area contributed by atoms with Gasteiger partial charge in [-0.25, -0.2) is 4.98 Å². The number of methoxy groups -OCH3 is 1. The topological polar surface area (TPSA) is 97.7 Å². The maximum Gasteiger partial charge on any atom is 0.272 e. The van der Waals surface area contributed by atoms with E-state index in [1.807, 2.05) is 18.2 Å². The molecule has 3 heterocycles. The minimum absolute atomic E-state index is 0.108. The summed E-state index contributed by atoms with van der Waals surface area (Å²) in [6.45, 7) is 2.43. The third kappa shape index (κ3) is 3.97. The molecule has 2 N–H and O–H groups in total. The van der Waals surface area contributed by atoms with Crippen molar-refractivity contribution in [3.8, 4) is 5.75 Å². The molecule has 0 aliphatic rings. The lowest BCUT2D eigenvalue weighted by molar-refractivity contribution is 0.100. The lowest BCUT2D eigenvalue weighted by Gasteiger charge is -2.04. The summed E-state index contributed by atoms with van der Waals surface area (Å²) in [6.07, 6.45) is 3.36. The fourth-order valence-electron chi connectivity index (χ4n) is 3.00. The highest BCUT2D eigenvalue weighted by molar-refractivity contribution is 6.06. The van der Waals surface area contributed by atoms with E-state index in [1.54, 1.807) is 42.1 Å². The van der Waals surface area contributed by atoms with Crippen LogP contribution >= 0.6 is 0 Å². The number of H-pyrrole nitrogens is 1. The van der Waals surface area contributed by atoms with Gasteiger partial charge in [0.05, 0.1) is 12.3 Å². The van der Waals surface area contributed by atoms with Crippen molar-refractivity contribution in [3.63, 3.8) is 0 Å². The van der Waals surface area contributed by atoms with E-state index >= 15 is 0 Å². The number of nitrogens with zero attached hydrogens (tertiary/aromatic N) is 2. The van der Waals surface area contributed by atoms with Gasteiger partial charge < -0.3 is 24.2 Å². The average Bonchev–Trinajstić information content (AvgIpc) is 3.31. The minimum Gasteiger partial charge on any atom is -0.491 e. The van der Waals surface area contributed by atoms with Gasteiger partial charge in [0, 0.05) is 37.3 Å². The third-order valence-corrected chi connectivity index (χ3v) is 4.46. The number of carbonyl (C=O) groups is 2. The molecule has 4 aromatic rings. The second-order valence-corrected chi connectivity index (χ2v) is 6.59. The van der Waals surface area contributed by atoms with Gasteiger partial charge in [-0.15, -0.1) is 0 Å². The minimum atomic E-state index is -0.269. The number of benzene rings is 1. The van der Waals surface area contributed by atoms with E-state index in [1.165, 1.54) is 6.92 Å². The summed E-state index contributed by atoms with van der Waals surface area (Å²) < 4.78 is 12.3. The van der Waals surface area contributed by atoms with Crippen molar-refractivity contribution in [1.82, 2.24) is 14.4 Å². The summed E-state index contributed by atoms with van der Waals surface area (Å²) in [5.41, 5.74) is 2.89. The fourth-order valence-corrected chi connectivity index (χ4v) is 3.00. The van der Waals surface area contributed by atoms with E-state index < -0.39 is 0 Å². The number of hydrogen-bond donors (Lipinski definition) is 2. The number of Topliss-reactive ketones (excluding diaryl/α,β-unsaturated/α-hetero) is 1. The lowest BCUT2D eigenvalue weighted by atomic mass is 10.2. The second kappa shape index (κ2) is 7.76. The zero-order chi connectivity index (χ0) is 20.4. The maximum absolute atomic E-state index is 12.7. The highest BCUT2D eigenvalue weighted by atomic mass is 16.5. The Morgan fingerprint density at radius 3 is 2.79 bits per heavy atom. The van der Waals surface area contributed by atoms with Gasteiger partial charge >= 0.3 is 0 Å². The van der Waals surface area contributed by atoms with Crippen LogP contribution in [-0.2, 0) is 4.74 Å². The van der Waals surface area contributed by atoms with Gasteiger partial charge in [0.15, 0.2) is 5.78 Å². The third-order valence-electron chi connectivity index (χ3n) is 4.46. The maximum atomic E-state index is 12.7. The fraction of sp³-hybridized carbons (Fsp3) is 0.190. The van der Waals surface area contributed by atoms with Crippen molar-refractivity contribution in [3.05, 3.63) is 60.2 Å². The Morgan fingerprint density at radius 1 is 1.14 bits per heavy atom. The summed E-state index contributed by atoms with van der Waals surface area (Å²) in [7, 11) is 1.62. The van der Waals surface area contributed by atoms with E-state index in [9.17, 15) is 9.59 Å². The molecule has 8 heteroatoms. The van der Waals surface area contributed by atoms with Crippen molar-refractivity contribution < 1.29 is 19.1 Å². The van der Waals surface area contributed by atoms with Crippen LogP contribution in [-0.4, -0.2) is 46.4 Å². The molecular formula is C21H20N4O4. The van der Waals surface area contributed by atoms with Gasteiger partial charge in [0.1, 0.15) is 29.4 Å². The second-order valence-electron chi connectivity index (χ2n) is 6.59. The van der Waals surface area contributed by atoms with E-state index in [-0.39, 0.29) is 11.7 Å². The summed E-state index contributed by atoms with van der Waals surface area (Å²) in [6, 6.07) is 10.9. The summed E-state index contributed by atoms with van der Waals surface area (Å²) in [5.74, 6) is 0.338. The summed E-state index contributed by atoms with van der Waals surface area (Å²) in [5, 5.41) is 3.73. The van der Waals surface area contributed by atoms with Crippen LogP contribution in [0.1, 0.15) is 27.9 Å². The molecule has 0 radical (unpaired) electrons. The van der Waals surface area contributed by atoms with E-state index in [0.717, 1.165) is 10.9 Å². The number of nitrogens with one attached hydrogen (secondary N) is 2. The first-order chi connectivity index (χ1) is 14.0. The number of anilines is 1. The smallest absolute Gasteiger partial charge is 0.272 e. The van der Waals surface area contributed by atoms with Gasteiger partial charge in [0.2, 0.25) is 0 Å². The quantitative estimate of drug-likeness (QED) is 0.371. The first-order valence-electron chi connectivity index (χ1n) is 9.09. The Bertz CT molecular complexity index is 1210. The number of aromatic amines is 1. The van der Waals surface area contributed by atoms with Crippen LogP contribution in [0.15, 0.2) is 48.8 Å². The monoisotopic (exact) mass is 392 g/mol. The van der Waals surface area contributed by atoms with Gasteiger partial charge in [0.25, 0.3) is 5.91 Å². The number of imidazole rings is 1. The van der Waals surface area contributed by atoms with Crippen molar-refractivity contribution in [2.75, 3.05) is 25.6 Å². The van der Waals surface area contributed by atoms with Crippen LogP contribution in [0.25, 0.3) is 16.6 Å². The first-order valence-corrected chi connectivity index (χ1v) is 9.09. The Kier molecular flexibility index (Phi) is 5.01. The zero-order valence-corrected chi connectivity index (χ0v) is 16.1. The van der Waals surface area contributed by atoms with Crippen molar-refractivity contribution in [2.24, 2.45) is 0 Å². The van der Waals surface area contributed by atoms with Crippen LogP contribution in [0.2, 0.25) is 0 Å². The summed E-state index contributed by atoms with van der Waals surface area (Å²) in [4.78, 5) is 31.5. The zero-order valence-electron chi connectivity index (χ0n) is 16.1. The Morgan fingerprint density at radius 2 is 2.00 bits per heavy atom. The first kappa shape index (κ1) is 18.7. The number of hydrogen-bond acceptors (Lipinski definition) is 5. The van der Waals surface area contributed by atoms with Crippen molar-refractivity contribution in [1.29, 1.82) is 0 Å². The standard InChI is InChI=1S/C21H20N4O4/c1-13(26)19-12-25-11-15(3-6-20(25)24-19)22-21(27)18-10-14-9-16(29-8-7-28-2)4-5-17(14)23-18/h3-6,9-12,23H,7-8H2,1-2H3,(H,22,27). The molecule has 8 nitrogen and oxygen atoms in total. The SMILES string of the molecule is COCCOc1ccc2[nH]c(C(=O)Nc3ccc4nc(C(C)=O)cn4c3)cc2c1. The molecule has 29 heavy (non-hydrogen) atoms. The van der Waals surface area contributed by atoms with E-state index in [2.05, 4.69) is 15.3 Å². The summed E-state index contributed by atoms with van der Waals surface area (Å²) >= 11 is 0. The van der Waals surface area contributed by atoms with Gasteiger partial charge in [-0.05, 0) is 36.4 Å². The van der Waals surface area contributed by atoms with Crippen LogP contribution in [0.3, 0.4) is 0 Å². The van der Waals surface area contributed by atoms with E-state index in [0.29, 0.717) is 41.7 Å². The molecule has 3 aromatic heterocycles. The van der Waals surface area contributed by atoms with Gasteiger partial charge in [-0.1, -0.05) is 0 Å². The molecule has 0 saturated carbocycles. The molecule has 1 aromatic carbocycles. The highest BCUT2D eigenvalue weighted by Gasteiger charge is 2.12. The molecule has 0 saturated heterocycles. The number of ketones is 1. The van der Waals surface area contributed by atoms with E-state index in [4.69, 9.17) is 9.47 Å². The van der Waals surface area contributed by atoms with Crippen molar-refractivity contribution >= 4 is 33.9 Å². The molecule has 0 unspecified atom stereocenters. The largest absolute Gasteiger partial charge is 0.491 e. The number of pyridine rings is 1. The van der Waals surface area contributed by atoms with Crippen molar-refractivity contribution in [2.45, 2.75) is 6.92 Å².